The van der Waals surface area contributed by atoms with Crippen LogP contribution in [0.1, 0.15) is 32.7 Å². The highest BCUT2D eigenvalue weighted by atomic mass is 32.1. The summed E-state index contributed by atoms with van der Waals surface area (Å²) in [4.78, 5) is 28.2. The third-order valence-corrected chi connectivity index (χ3v) is 4.73. The number of halogens is 3. The first-order chi connectivity index (χ1) is 13.7. The number of ketones is 1. The summed E-state index contributed by atoms with van der Waals surface area (Å²) in [6.07, 6.45) is -4.43. The number of nitrogens with zero attached hydrogens (tertiary/aromatic N) is 1. The summed E-state index contributed by atoms with van der Waals surface area (Å²) in [7, 11) is 0. The maximum atomic E-state index is 12.9. The SMILES string of the molecule is Cc1cc(CC(=O)Cc2ccc(NC(=O)c3cscn3)cc2)cc(C(F)(F)F)c1. The van der Waals surface area contributed by atoms with Crippen LogP contribution in [0.25, 0.3) is 0 Å². The molecule has 29 heavy (non-hydrogen) atoms. The van der Waals surface area contributed by atoms with E-state index in [1.165, 1.54) is 11.3 Å². The van der Waals surface area contributed by atoms with E-state index < -0.39 is 11.7 Å². The Hall–Kier alpha value is -3.00. The monoisotopic (exact) mass is 418 g/mol. The number of carbonyl (C=O) groups is 2. The first kappa shape index (κ1) is 20.7. The summed E-state index contributed by atoms with van der Waals surface area (Å²) in [5, 5.41) is 4.34. The van der Waals surface area contributed by atoms with Crippen molar-refractivity contribution in [3.8, 4) is 0 Å². The van der Waals surface area contributed by atoms with Crippen LogP contribution >= 0.6 is 11.3 Å². The lowest BCUT2D eigenvalue weighted by atomic mass is 9.99. The Morgan fingerprint density at radius 2 is 1.72 bits per heavy atom. The number of aryl methyl sites for hydroxylation is 1. The molecule has 0 saturated heterocycles. The van der Waals surface area contributed by atoms with Crippen molar-refractivity contribution in [2.75, 3.05) is 5.32 Å². The second-order valence-corrected chi connectivity index (χ2v) is 7.34. The van der Waals surface area contributed by atoms with Crippen LogP contribution in [0.2, 0.25) is 0 Å². The van der Waals surface area contributed by atoms with Crippen molar-refractivity contribution in [1.82, 2.24) is 4.98 Å². The van der Waals surface area contributed by atoms with Gasteiger partial charge in [-0.3, -0.25) is 9.59 Å². The molecular formula is C21H17F3N2O2S. The third kappa shape index (κ3) is 5.74. The topological polar surface area (TPSA) is 59.1 Å². The molecule has 8 heteroatoms. The Kier molecular flexibility index (Phi) is 6.12. The van der Waals surface area contributed by atoms with Crippen LogP contribution in [-0.2, 0) is 23.8 Å². The lowest BCUT2D eigenvalue weighted by Crippen LogP contribution is -2.12. The average molecular weight is 418 g/mol. The molecule has 0 aliphatic carbocycles. The van der Waals surface area contributed by atoms with Gasteiger partial charge in [-0.25, -0.2) is 4.98 Å². The molecule has 1 aromatic heterocycles. The van der Waals surface area contributed by atoms with Crippen LogP contribution in [0.4, 0.5) is 18.9 Å². The van der Waals surface area contributed by atoms with Gasteiger partial charge in [-0.2, -0.15) is 13.2 Å². The molecule has 0 bridgehead atoms. The zero-order valence-corrected chi connectivity index (χ0v) is 16.2. The van der Waals surface area contributed by atoms with Crippen molar-refractivity contribution in [2.24, 2.45) is 0 Å². The molecule has 1 N–H and O–H groups in total. The summed E-state index contributed by atoms with van der Waals surface area (Å²) in [5.74, 6) is -0.516. The highest BCUT2D eigenvalue weighted by Crippen LogP contribution is 2.30. The maximum absolute atomic E-state index is 12.9. The number of alkyl halides is 3. The number of hydrogen-bond donors (Lipinski definition) is 1. The van der Waals surface area contributed by atoms with Crippen LogP contribution < -0.4 is 5.32 Å². The average Bonchev–Trinajstić information content (AvgIpc) is 3.17. The Morgan fingerprint density at radius 3 is 2.34 bits per heavy atom. The largest absolute Gasteiger partial charge is 0.416 e. The quantitative estimate of drug-likeness (QED) is 0.608. The number of thiazole rings is 1. The van der Waals surface area contributed by atoms with Gasteiger partial charge in [0.2, 0.25) is 0 Å². The molecule has 0 unspecified atom stereocenters. The van der Waals surface area contributed by atoms with E-state index in [0.717, 1.165) is 12.1 Å². The number of amides is 1. The van der Waals surface area contributed by atoms with Gasteiger partial charge >= 0.3 is 6.18 Å². The number of benzene rings is 2. The molecule has 0 spiro atoms. The number of hydrogen-bond acceptors (Lipinski definition) is 4. The molecule has 3 aromatic rings. The zero-order chi connectivity index (χ0) is 21.0. The second kappa shape index (κ2) is 8.57. The van der Waals surface area contributed by atoms with Crippen LogP contribution in [0.3, 0.4) is 0 Å². The van der Waals surface area contributed by atoms with Crippen molar-refractivity contribution in [1.29, 1.82) is 0 Å². The maximum Gasteiger partial charge on any atom is 0.416 e. The molecular weight excluding hydrogens is 401 g/mol. The number of rotatable bonds is 6. The van der Waals surface area contributed by atoms with Gasteiger partial charge in [0, 0.05) is 23.9 Å². The first-order valence-corrected chi connectivity index (χ1v) is 9.63. The highest BCUT2D eigenvalue weighted by molar-refractivity contribution is 7.07. The van der Waals surface area contributed by atoms with E-state index in [1.807, 2.05) is 0 Å². The Morgan fingerprint density at radius 1 is 1.03 bits per heavy atom. The predicted molar refractivity (Wildman–Crippen MR) is 105 cm³/mol. The van der Waals surface area contributed by atoms with Crippen LogP contribution in [0.15, 0.2) is 53.4 Å². The summed E-state index contributed by atoms with van der Waals surface area (Å²) in [6, 6.07) is 10.4. The van der Waals surface area contributed by atoms with Crippen LogP contribution in [0, 0.1) is 6.92 Å². The molecule has 3 rings (SSSR count). The molecule has 0 fully saturated rings. The summed E-state index contributed by atoms with van der Waals surface area (Å²) in [6.45, 7) is 1.57. The molecule has 0 saturated carbocycles. The number of aromatic nitrogens is 1. The number of nitrogens with one attached hydrogen (secondary N) is 1. The minimum Gasteiger partial charge on any atom is -0.321 e. The fraction of sp³-hybridized carbons (Fsp3) is 0.190. The molecule has 0 atom stereocenters. The molecule has 1 amide bonds. The van der Waals surface area contributed by atoms with Gasteiger partial charge in [0.05, 0.1) is 11.1 Å². The fourth-order valence-corrected chi connectivity index (χ4v) is 3.40. The van der Waals surface area contributed by atoms with Crippen molar-refractivity contribution >= 4 is 28.7 Å². The van der Waals surface area contributed by atoms with E-state index >= 15 is 0 Å². The number of carbonyl (C=O) groups excluding carboxylic acids is 2. The molecule has 1 heterocycles. The normalized spacial score (nSPS) is 11.3. The van der Waals surface area contributed by atoms with E-state index in [2.05, 4.69) is 10.3 Å². The number of Topliss-reactive ketones (excluding diaryl/α,β-unsaturated/α-hetero) is 1. The fourth-order valence-electron chi connectivity index (χ4n) is 2.87. The smallest absolute Gasteiger partial charge is 0.321 e. The van der Waals surface area contributed by atoms with Gasteiger partial charge in [-0.15, -0.1) is 11.3 Å². The minimum absolute atomic E-state index is 0.0763. The van der Waals surface area contributed by atoms with Gasteiger partial charge in [0.15, 0.2) is 0 Å². The lowest BCUT2D eigenvalue weighted by molar-refractivity contribution is -0.137. The summed E-state index contributed by atoms with van der Waals surface area (Å²) < 4.78 is 38.8. The van der Waals surface area contributed by atoms with Gasteiger partial charge in [-0.1, -0.05) is 23.8 Å². The summed E-state index contributed by atoms with van der Waals surface area (Å²) in [5.41, 5.74) is 3.22. The van der Waals surface area contributed by atoms with E-state index in [9.17, 15) is 22.8 Å². The Labute approximate surface area is 169 Å². The predicted octanol–water partition coefficient (Wildman–Crippen LogP) is 5.08. The minimum atomic E-state index is -4.44. The zero-order valence-electron chi connectivity index (χ0n) is 15.4. The Balaban J connectivity index is 1.61. The van der Waals surface area contributed by atoms with Crippen LogP contribution in [-0.4, -0.2) is 16.7 Å². The van der Waals surface area contributed by atoms with E-state index in [0.29, 0.717) is 28.1 Å². The van der Waals surface area contributed by atoms with Gasteiger partial charge < -0.3 is 5.32 Å². The second-order valence-electron chi connectivity index (χ2n) is 6.62. The third-order valence-electron chi connectivity index (χ3n) is 4.14. The molecule has 0 radical (unpaired) electrons. The highest BCUT2D eigenvalue weighted by Gasteiger charge is 2.31. The van der Waals surface area contributed by atoms with Crippen molar-refractivity contribution in [2.45, 2.75) is 25.9 Å². The summed E-state index contributed by atoms with van der Waals surface area (Å²) >= 11 is 1.32. The Bertz CT molecular complexity index is 1010. The van der Waals surface area contributed by atoms with E-state index in [4.69, 9.17) is 0 Å². The van der Waals surface area contributed by atoms with E-state index in [1.54, 1.807) is 48.1 Å². The molecule has 150 valence electrons. The van der Waals surface area contributed by atoms with Gasteiger partial charge in [-0.05, 0) is 42.3 Å². The first-order valence-electron chi connectivity index (χ1n) is 8.68. The molecule has 2 aromatic carbocycles. The lowest BCUT2D eigenvalue weighted by Gasteiger charge is -2.10. The number of anilines is 1. The standard InChI is InChI=1S/C21H17F3N2O2S/c1-13-6-15(8-16(7-13)21(22,23)24)10-18(27)9-14-2-4-17(5-3-14)26-20(28)19-11-29-12-25-19/h2-8,11-12H,9-10H2,1H3,(H,26,28). The van der Waals surface area contributed by atoms with Crippen molar-refractivity contribution in [3.05, 3.63) is 81.3 Å². The van der Waals surface area contributed by atoms with Crippen molar-refractivity contribution in [3.63, 3.8) is 0 Å². The van der Waals surface area contributed by atoms with Crippen molar-refractivity contribution < 1.29 is 22.8 Å². The van der Waals surface area contributed by atoms with Crippen LogP contribution in [0.5, 0.6) is 0 Å². The molecule has 0 aliphatic heterocycles. The molecule has 4 nitrogen and oxygen atoms in total. The van der Waals surface area contributed by atoms with Gasteiger partial charge in [0.1, 0.15) is 11.5 Å². The van der Waals surface area contributed by atoms with E-state index in [-0.39, 0.29) is 24.5 Å². The van der Waals surface area contributed by atoms with Gasteiger partial charge in [0.25, 0.3) is 5.91 Å². The molecule has 0 aliphatic rings.